The summed E-state index contributed by atoms with van der Waals surface area (Å²) < 4.78 is 11.7. The second-order valence-electron chi connectivity index (χ2n) is 4.88. The zero-order valence-electron chi connectivity index (χ0n) is 11.7. The average Bonchev–Trinajstić information content (AvgIpc) is 2.81. The van der Waals surface area contributed by atoms with E-state index in [0.29, 0.717) is 0 Å². The normalized spacial score (nSPS) is 14.1. The van der Waals surface area contributed by atoms with Gasteiger partial charge in [0.1, 0.15) is 17.3 Å². The van der Waals surface area contributed by atoms with Crippen LogP contribution in [0.1, 0.15) is 36.5 Å². The van der Waals surface area contributed by atoms with Gasteiger partial charge in [-0.25, -0.2) is 0 Å². The summed E-state index contributed by atoms with van der Waals surface area (Å²) in [5.41, 5.74) is 7.32. The molecule has 0 amide bonds. The van der Waals surface area contributed by atoms with Crippen LogP contribution in [-0.2, 0) is 0 Å². The first kappa shape index (κ1) is 13.7. The minimum atomic E-state index is -0.250. The van der Waals surface area contributed by atoms with Crippen LogP contribution < -0.4 is 10.5 Å². The molecule has 0 radical (unpaired) electrons. The summed E-state index contributed by atoms with van der Waals surface area (Å²) in [6, 6.07) is 11.7. The molecule has 1 aromatic carbocycles. The molecule has 3 nitrogen and oxygen atoms in total. The molecular weight excluding hydrogens is 238 g/mol. The van der Waals surface area contributed by atoms with E-state index in [9.17, 15) is 0 Å². The highest BCUT2D eigenvalue weighted by Crippen LogP contribution is 2.27. The molecule has 0 aliphatic carbocycles. The molecular formula is C16H21NO2. The van der Waals surface area contributed by atoms with Crippen molar-refractivity contribution in [3.8, 4) is 5.75 Å². The largest absolute Gasteiger partial charge is 0.481 e. The molecule has 102 valence electrons. The second kappa shape index (κ2) is 5.93. The molecule has 0 aliphatic rings. The van der Waals surface area contributed by atoms with E-state index in [2.05, 4.69) is 0 Å². The lowest BCUT2D eigenvalue weighted by molar-refractivity contribution is 0.143. The van der Waals surface area contributed by atoms with E-state index in [0.717, 1.165) is 29.3 Å². The van der Waals surface area contributed by atoms with Gasteiger partial charge in [-0.2, -0.15) is 0 Å². The van der Waals surface area contributed by atoms with Gasteiger partial charge in [-0.3, -0.25) is 0 Å². The van der Waals surface area contributed by atoms with Crippen molar-refractivity contribution in [1.82, 2.24) is 0 Å². The summed E-state index contributed by atoms with van der Waals surface area (Å²) >= 11 is 0. The smallest absolute Gasteiger partial charge is 0.171 e. The van der Waals surface area contributed by atoms with Gasteiger partial charge in [0.2, 0.25) is 0 Å². The summed E-state index contributed by atoms with van der Waals surface area (Å²) in [6.07, 6.45) is 0.580. The molecule has 2 unspecified atom stereocenters. The van der Waals surface area contributed by atoms with Crippen molar-refractivity contribution in [2.75, 3.05) is 0 Å². The van der Waals surface area contributed by atoms with Crippen LogP contribution in [0.15, 0.2) is 40.8 Å². The van der Waals surface area contributed by atoms with Gasteiger partial charge in [-0.15, -0.1) is 0 Å². The molecule has 19 heavy (non-hydrogen) atoms. The maximum atomic E-state index is 6.16. The summed E-state index contributed by atoms with van der Waals surface area (Å²) in [4.78, 5) is 0. The Hall–Kier alpha value is -1.74. The van der Waals surface area contributed by atoms with E-state index in [4.69, 9.17) is 14.9 Å². The molecule has 0 saturated heterocycles. The fourth-order valence-corrected chi connectivity index (χ4v) is 2.01. The Morgan fingerprint density at radius 2 is 2.00 bits per heavy atom. The summed E-state index contributed by atoms with van der Waals surface area (Å²) in [5.74, 6) is 2.48. The van der Waals surface area contributed by atoms with Crippen molar-refractivity contribution in [3.63, 3.8) is 0 Å². The third-order valence-electron chi connectivity index (χ3n) is 3.15. The average molecular weight is 259 g/mol. The molecule has 0 aliphatic heterocycles. The first-order chi connectivity index (χ1) is 9.10. The Balaban J connectivity index is 2.24. The lowest BCUT2D eigenvalue weighted by Gasteiger charge is -2.22. The Morgan fingerprint density at radius 1 is 1.21 bits per heavy atom. The minimum Gasteiger partial charge on any atom is -0.481 e. The quantitative estimate of drug-likeness (QED) is 0.889. The summed E-state index contributed by atoms with van der Waals surface area (Å²) in [6.45, 7) is 6.01. The number of hydrogen-bond acceptors (Lipinski definition) is 3. The summed E-state index contributed by atoms with van der Waals surface area (Å²) in [7, 11) is 0. The minimum absolute atomic E-state index is 0.0916. The molecule has 2 atom stereocenters. The van der Waals surface area contributed by atoms with Crippen molar-refractivity contribution >= 4 is 0 Å². The van der Waals surface area contributed by atoms with Gasteiger partial charge in [-0.1, -0.05) is 19.1 Å². The molecule has 1 aromatic heterocycles. The van der Waals surface area contributed by atoms with Gasteiger partial charge in [0.15, 0.2) is 6.10 Å². The fraction of sp³-hybridized carbons (Fsp3) is 0.375. The van der Waals surface area contributed by atoms with E-state index in [1.807, 2.05) is 57.2 Å². The van der Waals surface area contributed by atoms with Gasteiger partial charge in [0.25, 0.3) is 0 Å². The summed E-state index contributed by atoms with van der Waals surface area (Å²) in [5, 5.41) is 0. The number of hydrogen-bond donors (Lipinski definition) is 1. The highest BCUT2D eigenvalue weighted by atomic mass is 16.5. The van der Waals surface area contributed by atoms with Crippen molar-refractivity contribution in [3.05, 3.63) is 53.5 Å². The topological polar surface area (TPSA) is 48.4 Å². The number of nitrogens with two attached hydrogens (primary N) is 1. The lowest BCUT2D eigenvalue weighted by Crippen LogP contribution is -2.31. The molecule has 0 spiro atoms. The van der Waals surface area contributed by atoms with Crippen molar-refractivity contribution < 1.29 is 9.15 Å². The van der Waals surface area contributed by atoms with Crippen molar-refractivity contribution in [2.24, 2.45) is 5.73 Å². The Labute approximate surface area is 114 Å². The van der Waals surface area contributed by atoms with Crippen molar-refractivity contribution in [1.29, 1.82) is 0 Å². The van der Waals surface area contributed by atoms with Crippen LogP contribution in [-0.4, -0.2) is 6.04 Å². The number of rotatable bonds is 5. The van der Waals surface area contributed by atoms with Crippen LogP contribution in [0.4, 0.5) is 0 Å². The molecule has 2 aromatic rings. The first-order valence-electron chi connectivity index (χ1n) is 6.65. The lowest BCUT2D eigenvalue weighted by atomic mass is 10.1. The van der Waals surface area contributed by atoms with Crippen LogP contribution in [0.2, 0.25) is 0 Å². The van der Waals surface area contributed by atoms with E-state index >= 15 is 0 Å². The van der Waals surface area contributed by atoms with Crippen LogP contribution in [0, 0.1) is 13.8 Å². The molecule has 1 heterocycles. The zero-order valence-corrected chi connectivity index (χ0v) is 11.7. The molecule has 2 N–H and O–H groups in total. The third-order valence-corrected chi connectivity index (χ3v) is 3.15. The first-order valence-corrected chi connectivity index (χ1v) is 6.65. The molecule has 2 rings (SSSR count). The Bertz CT molecular complexity index is 533. The monoisotopic (exact) mass is 259 g/mol. The van der Waals surface area contributed by atoms with E-state index in [1.54, 1.807) is 0 Å². The van der Waals surface area contributed by atoms with Crippen LogP contribution in [0.3, 0.4) is 0 Å². The number of aryl methyl sites for hydroxylation is 2. The maximum absolute atomic E-state index is 6.16. The predicted molar refractivity (Wildman–Crippen MR) is 76.3 cm³/mol. The van der Waals surface area contributed by atoms with Gasteiger partial charge in [0.05, 0.1) is 0 Å². The standard InChI is InChI=1S/C16H21NO2/c1-4-14(17)16(15-9-8-12(3)18-15)19-13-7-5-6-11(2)10-13/h5-10,14,16H,4,17H2,1-3H3. The zero-order chi connectivity index (χ0) is 13.8. The fourth-order valence-electron chi connectivity index (χ4n) is 2.01. The van der Waals surface area contributed by atoms with E-state index in [-0.39, 0.29) is 12.1 Å². The van der Waals surface area contributed by atoms with Crippen LogP contribution in [0.5, 0.6) is 5.75 Å². The van der Waals surface area contributed by atoms with Gasteiger partial charge in [-0.05, 0) is 50.1 Å². The Kier molecular flexibility index (Phi) is 4.27. The van der Waals surface area contributed by atoms with Crippen molar-refractivity contribution in [2.45, 2.75) is 39.3 Å². The second-order valence-corrected chi connectivity index (χ2v) is 4.88. The molecule has 0 saturated carbocycles. The Morgan fingerprint density at radius 3 is 2.58 bits per heavy atom. The molecule has 0 bridgehead atoms. The van der Waals surface area contributed by atoms with Crippen LogP contribution >= 0.6 is 0 Å². The maximum Gasteiger partial charge on any atom is 0.171 e. The van der Waals surface area contributed by atoms with Gasteiger partial charge >= 0.3 is 0 Å². The molecule has 0 fully saturated rings. The third kappa shape index (κ3) is 3.38. The predicted octanol–water partition coefficient (Wildman–Crippen LogP) is 3.75. The molecule has 3 heteroatoms. The highest BCUT2D eigenvalue weighted by molar-refractivity contribution is 5.28. The number of ether oxygens (including phenoxy) is 1. The van der Waals surface area contributed by atoms with E-state index < -0.39 is 0 Å². The van der Waals surface area contributed by atoms with E-state index in [1.165, 1.54) is 0 Å². The highest BCUT2D eigenvalue weighted by Gasteiger charge is 2.23. The number of benzene rings is 1. The van der Waals surface area contributed by atoms with Crippen LogP contribution in [0.25, 0.3) is 0 Å². The van der Waals surface area contributed by atoms with Gasteiger partial charge in [0, 0.05) is 6.04 Å². The van der Waals surface area contributed by atoms with Gasteiger partial charge < -0.3 is 14.9 Å². The number of furan rings is 1. The SMILES string of the molecule is CCC(N)C(Oc1cccc(C)c1)c1ccc(C)o1.